The van der Waals surface area contributed by atoms with Crippen molar-refractivity contribution in [3.05, 3.63) is 24.0 Å². The van der Waals surface area contributed by atoms with Crippen molar-refractivity contribution in [2.45, 2.75) is 31.7 Å². The molecule has 0 unspecified atom stereocenters. The first-order valence-electron chi connectivity index (χ1n) is 6.12. The third kappa shape index (κ3) is 4.24. The van der Waals surface area contributed by atoms with E-state index in [1.54, 1.807) is 0 Å². The third-order valence-corrected chi connectivity index (χ3v) is 2.76. The van der Waals surface area contributed by atoms with Crippen LogP contribution in [0.2, 0.25) is 0 Å². The molecule has 0 heterocycles. The lowest BCUT2D eigenvalue weighted by Gasteiger charge is -2.12. The van der Waals surface area contributed by atoms with Crippen molar-refractivity contribution >= 4 is 23.3 Å². The highest BCUT2D eigenvalue weighted by Crippen LogP contribution is 2.30. The number of hydrogen-bond donors (Lipinski definition) is 3. The summed E-state index contributed by atoms with van der Waals surface area (Å²) in [5, 5.41) is 14.2. The average molecular weight is 266 g/mol. The van der Waals surface area contributed by atoms with Crippen molar-refractivity contribution in [2.75, 3.05) is 10.6 Å². The Morgan fingerprint density at radius 2 is 2.00 bits per heavy atom. The first-order chi connectivity index (χ1) is 9.04. The number of hydrogen-bond acceptors (Lipinski definition) is 3. The maximum atomic E-state index is 13.2. The molecular formula is C13H15FN2O3. The normalized spacial score (nSPS) is 13.9. The Morgan fingerprint density at radius 1 is 1.26 bits per heavy atom. The van der Waals surface area contributed by atoms with Gasteiger partial charge in [-0.1, -0.05) is 0 Å². The second-order valence-electron chi connectivity index (χ2n) is 4.55. The van der Waals surface area contributed by atoms with E-state index >= 15 is 0 Å². The lowest BCUT2D eigenvalue weighted by atomic mass is 10.2. The monoisotopic (exact) mass is 266 g/mol. The second-order valence-corrected chi connectivity index (χ2v) is 4.55. The van der Waals surface area contributed by atoms with Gasteiger partial charge in [0.1, 0.15) is 5.82 Å². The summed E-state index contributed by atoms with van der Waals surface area (Å²) in [6.07, 6.45) is 1.74. The molecule has 5 nitrogen and oxygen atoms in total. The van der Waals surface area contributed by atoms with Crippen LogP contribution in [0.3, 0.4) is 0 Å². The molecule has 0 radical (unpaired) electrons. The molecule has 1 aromatic rings. The van der Waals surface area contributed by atoms with Gasteiger partial charge in [0.25, 0.3) is 0 Å². The number of amides is 1. The zero-order valence-corrected chi connectivity index (χ0v) is 10.3. The molecule has 19 heavy (non-hydrogen) atoms. The predicted octanol–water partition coefficient (Wildman–Crippen LogP) is 2.20. The summed E-state index contributed by atoms with van der Waals surface area (Å²) in [5.74, 6) is -1.80. The van der Waals surface area contributed by atoms with Crippen LogP contribution in [0.4, 0.5) is 15.8 Å². The molecule has 1 aromatic carbocycles. The first-order valence-corrected chi connectivity index (χ1v) is 6.12. The summed E-state index contributed by atoms with van der Waals surface area (Å²) in [5.41, 5.74) is 1.01. The van der Waals surface area contributed by atoms with E-state index in [0.717, 1.165) is 12.8 Å². The SMILES string of the molecule is O=C(O)CCC(=O)Nc1ccc(F)cc1NC1CC1. The number of halogens is 1. The van der Waals surface area contributed by atoms with Gasteiger partial charge in [-0.2, -0.15) is 0 Å². The topological polar surface area (TPSA) is 78.4 Å². The van der Waals surface area contributed by atoms with Crippen molar-refractivity contribution in [1.82, 2.24) is 0 Å². The number of carbonyl (C=O) groups is 2. The van der Waals surface area contributed by atoms with Crippen LogP contribution in [0.5, 0.6) is 0 Å². The van der Waals surface area contributed by atoms with E-state index < -0.39 is 11.9 Å². The van der Waals surface area contributed by atoms with Gasteiger partial charge < -0.3 is 15.7 Å². The number of aliphatic carboxylic acids is 1. The van der Waals surface area contributed by atoms with Crippen molar-refractivity contribution < 1.29 is 19.1 Å². The van der Waals surface area contributed by atoms with Gasteiger partial charge in [0, 0.05) is 12.5 Å². The van der Waals surface area contributed by atoms with E-state index in [2.05, 4.69) is 10.6 Å². The Hall–Kier alpha value is -2.11. The molecule has 1 fully saturated rings. The van der Waals surface area contributed by atoms with Crippen LogP contribution in [0.15, 0.2) is 18.2 Å². The van der Waals surface area contributed by atoms with E-state index in [1.165, 1.54) is 18.2 Å². The third-order valence-electron chi connectivity index (χ3n) is 2.76. The van der Waals surface area contributed by atoms with E-state index in [0.29, 0.717) is 17.4 Å². The van der Waals surface area contributed by atoms with Gasteiger partial charge in [0.2, 0.25) is 5.91 Å². The first kappa shape index (κ1) is 13.3. The zero-order valence-electron chi connectivity index (χ0n) is 10.3. The van der Waals surface area contributed by atoms with Crippen LogP contribution in [0.25, 0.3) is 0 Å². The Morgan fingerprint density at radius 3 is 2.63 bits per heavy atom. The van der Waals surface area contributed by atoms with Crippen LogP contribution in [-0.4, -0.2) is 23.0 Å². The molecule has 1 aliphatic rings. The van der Waals surface area contributed by atoms with Gasteiger partial charge in [-0.05, 0) is 31.0 Å². The number of anilines is 2. The molecule has 2 rings (SSSR count). The molecule has 102 valence electrons. The Kier molecular flexibility index (Phi) is 3.99. The fraction of sp³-hybridized carbons (Fsp3) is 0.385. The van der Waals surface area contributed by atoms with Gasteiger partial charge in [-0.15, -0.1) is 0 Å². The number of carboxylic acids is 1. The number of benzene rings is 1. The highest BCUT2D eigenvalue weighted by atomic mass is 19.1. The van der Waals surface area contributed by atoms with Gasteiger partial charge in [-0.25, -0.2) is 4.39 Å². The van der Waals surface area contributed by atoms with Crippen molar-refractivity contribution in [3.8, 4) is 0 Å². The van der Waals surface area contributed by atoms with E-state index in [9.17, 15) is 14.0 Å². The highest BCUT2D eigenvalue weighted by Gasteiger charge is 2.22. The van der Waals surface area contributed by atoms with E-state index in [1.807, 2.05) is 0 Å². The summed E-state index contributed by atoms with van der Waals surface area (Å²) in [6, 6.07) is 4.38. The molecule has 1 aliphatic carbocycles. The van der Waals surface area contributed by atoms with Crippen LogP contribution >= 0.6 is 0 Å². The molecule has 6 heteroatoms. The molecule has 0 aromatic heterocycles. The lowest BCUT2D eigenvalue weighted by Crippen LogP contribution is -2.15. The summed E-state index contributed by atoms with van der Waals surface area (Å²) in [6.45, 7) is 0. The van der Waals surface area contributed by atoms with E-state index in [4.69, 9.17) is 5.11 Å². The fourth-order valence-electron chi connectivity index (χ4n) is 1.63. The maximum absolute atomic E-state index is 13.2. The minimum atomic E-state index is -1.02. The number of carbonyl (C=O) groups excluding carboxylic acids is 1. The van der Waals surface area contributed by atoms with Crippen molar-refractivity contribution in [2.24, 2.45) is 0 Å². The van der Waals surface area contributed by atoms with Crippen molar-refractivity contribution in [1.29, 1.82) is 0 Å². The molecule has 0 saturated heterocycles. The number of carboxylic acid groups (broad SMARTS) is 1. The molecule has 1 amide bonds. The molecule has 0 spiro atoms. The molecule has 1 saturated carbocycles. The van der Waals surface area contributed by atoms with Gasteiger partial charge >= 0.3 is 5.97 Å². The predicted molar refractivity (Wildman–Crippen MR) is 68.5 cm³/mol. The van der Waals surface area contributed by atoms with E-state index in [-0.39, 0.29) is 18.7 Å². The minimum Gasteiger partial charge on any atom is -0.481 e. The quantitative estimate of drug-likeness (QED) is 0.737. The highest BCUT2D eigenvalue weighted by molar-refractivity contribution is 5.95. The van der Waals surface area contributed by atoms with Crippen LogP contribution in [0, 0.1) is 5.82 Å². The largest absolute Gasteiger partial charge is 0.481 e. The van der Waals surface area contributed by atoms with Crippen LogP contribution < -0.4 is 10.6 Å². The zero-order chi connectivity index (χ0) is 13.8. The summed E-state index contributed by atoms with van der Waals surface area (Å²) >= 11 is 0. The van der Waals surface area contributed by atoms with Gasteiger partial charge in [0.05, 0.1) is 17.8 Å². The molecule has 3 N–H and O–H groups in total. The molecule has 0 bridgehead atoms. The van der Waals surface area contributed by atoms with Gasteiger partial charge in [-0.3, -0.25) is 9.59 Å². The lowest BCUT2D eigenvalue weighted by molar-refractivity contribution is -0.138. The summed E-state index contributed by atoms with van der Waals surface area (Å²) in [4.78, 5) is 21.9. The summed E-state index contributed by atoms with van der Waals surface area (Å²) in [7, 11) is 0. The second kappa shape index (κ2) is 5.69. The maximum Gasteiger partial charge on any atom is 0.303 e. The molecule has 0 atom stereocenters. The van der Waals surface area contributed by atoms with Crippen molar-refractivity contribution in [3.63, 3.8) is 0 Å². The molecular weight excluding hydrogens is 251 g/mol. The Labute approximate surface area is 109 Å². The number of nitrogens with one attached hydrogen (secondary N) is 2. The number of rotatable bonds is 6. The minimum absolute atomic E-state index is 0.102. The summed E-state index contributed by atoms with van der Waals surface area (Å²) < 4.78 is 13.2. The average Bonchev–Trinajstić information content (AvgIpc) is 3.14. The smallest absolute Gasteiger partial charge is 0.303 e. The van der Waals surface area contributed by atoms with Crippen LogP contribution in [0.1, 0.15) is 25.7 Å². The Bertz CT molecular complexity index is 501. The van der Waals surface area contributed by atoms with Crippen LogP contribution in [-0.2, 0) is 9.59 Å². The standard InChI is InChI=1S/C13H15FN2O3/c14-8-1-4-10(11(7-8)15-9-2-3-9)16-12(17)5-6-13(18)19/h1,4,7,9,15H,2-3,5-6H2,(H,16,17)(H,18,19). The molecule has 0 aliphatic heterocycles. The fourth-order valence-corrected chi connectivity index (χ4v) is 1.63. The Balaban J connectivity index is 2.01. The van der Waals surface area contributed by atoms with Gasteiger partial charge in [0.15, 0.2) is 0 Å².